The Morgan fingerprint density at radius 3 is 2.55 bits per heavy atom. The first kappa shape index (κ1) is 15.3. The number of nitrogens with zero attached hydrogens (tertiary/aromatic N) is 1. The normalized spacial score (nSPS) is 30.2. The number of hydrogen-bond acceptors (Lipinski definition) is 3. The standard InChI is InChI=1S/C18H25NO3/c1-2-16(14-6-4-3-5-7-14)19-13-12-18(22-17(19)21)10-8-15(20)9-11-18/h3-7,15-16,20H,2,8-13H2,1H3. The molecule has 1 N–H and O–H groups in total. The van der Waals surface area contributed by atoms with Gasteiger partial charge in [0.2, 0.25) is 0 Å². The smallest absolute Gasteiger partial charge is 0.410 e. The van der Waals surface area contributed by atoms with Crippen LogP contribution in [0.2, 0.25) is 0 Å². The number of benzene rings is 1. The molecule has 2 aliphatic rings. The van der Waals surface area contributed by atoms with Gasteiger partial charge in [-0.25, -0.2) is 4.79 Å². The van der Waals surface area contributed by atoms with Crippen LogP contribution >= 0.6 is 0 Å². The van der Waals surface area contributed by atoms with Gasteiger partial charge >= 0.3 is 6.09 Å². The molecular weight excluding hydrogens is 278 g/mol. The third kappa shape index (κ3) is 2.98. The maximum absolute atomic E-state index is 12.6. The zero-order valence-electron chi connectivity index (χ0n) is 13.2. The molecule has 22 heavy (non-hydrogen) atoms. The van der Waals surface area contributed by atoms with Crippen molar-refractivity contribution < 1.29 is 14.6 Å². The van der Waals surface area contributed by atoms with Gasteiger partial charge in [0, 0.05) is 13.0 Å². The largest absolute Gasteiger partial charge is 0.443 e. The van der Waals surface area contributed by atoms with Crippen molar-refractivity contribution in [2.24, 2.45) is 0 Å². The first-order chi connectivity index (χ1) is 10.6. The summed E-state index contributed by atoms with van der Waals surface area (Å²) in [5.74, 6) is 0. The highest BCUT2D eigenvalue weighted by molar-refractivity contribution is 5.70. The number of ether oxygens (including phenoxy) is 1. The Kier molecular flexibility index (Phi) is 4.39. The molecule has 2 fully saturated rings. The van der Waals surface area contributed by atoms with Crippen molar-refractivity contribution in [3.63, 3.8) is 0 Å². The highest BCUT2D eigenvalue weighted by atomic mass is 16.6. The molecule has 3 rings (SSSR count). The number of hydrogen-bond donors (Lipinski definition) is 1. The van der Waals surface area contributed by atoms with Crippen molar-refractivity contribution in [3.05, 3.63) is 35.9 Å². The van der Waals surface area contributed by atoms with Crippen LogP contribution in [-0.4, -0.2) is 34.3 Å². The molecule has 1 saturated carbocycles. The van der Waals surface area contributed by atoms with Crippen LogP contribution in [0.15, 0.2) is 30.3 Å². The van der Waals surface area contributed by atoms with Crippen LogP contribution in [0, 0.1) is 0 Å². The third-order valence-corrected chi connectivity index (χ3v) is 5.16. The van der Waals surface area contributed by atoms with Crippen LogP contribution in [0.4, 0.5) is 4.79 Å². The SMILES string of the molecule is CCC(c1ccccc1)N1CCC2(CCC(O)CC2)OC1=O. The van der Waals surface area contributed by atoms with E-state index in [1.165, 1.54) is 0 Å². The highest BCUT2D eigenvalue weighted by Crippen LogP contribution is 2.40. The van der Waals surface area contributed by atoms with Gasteiger partial charge in [-0.3, -0.25) is 0 Å². The third-order valence-electron chi connectivity index (χ3n) is 5.16. The minimum absolute atomic E-state index is 0.0835. The zero-order chi connectivity index (χ0) is 15.6. The summed E-state index contributed by atoms with van der Waals surface area (Å²) in [4.78, 5) is 14.4. The molecule has 4 heteroatoms. The maximum atomic E-state index is 12.6. The van der Waals surface area contributed by atoms with Gasteiger partial charge in [0.15, 0.2) is 0 Å². The summed E-state index contributed by atoms with van der Waals surface area (Å²) >= 11 is 0. The van der Waals surface area contributed by atoms with Gasteiger partial charge in [-0.15, -0.1) is 0 Å². The Balaban J connectivity index is 1.71. The van der Waals surface area contributed by atoms with Crippen molar-refractivity contribution in [1.82, 2.24) is 4.90 Å². The number of aliphatic hydroxyl groups excluding tert-OH is 1. The Morgan fingerprint density at radius 2 is 1.95 bits per heavy atom. The molecule has 1 atom stereocenters. The van der Waals surface area contributed by atoms with E-state index in [-0.39, 0.29) is 23.8 Å². The molecule has 1 heterocycles. The van der Waals surface area contributed by atoms with E-state index in [4.69, 9.17) is 4.74 Å². The first-order valence-corrected chi connectivity index (χ1v) is 8.36. The lowest BCUT2D eigenvalue weighted by Gasteiger charge is -2.46. The molecule has 0 bridgehead atoms. The second-order valence-electron chi connectivity index (χ2n) is 6.56. The van der Waals surface area contributed by atoms with E-state index in [1.807, 2.05) is 23.1 Å². The Morgan fingerprint density at radius 1 is 1.27 bits per heavy atom. The molecular formula is C18H25NO3. The maximum Gasteiger partial charge on any atom is 0.410 e. The van der Waals surface area contributed by atoms with E-state index in [2.05, 4.69) is 19.1 Å². The van der Waals surface area contributed by atoms with Crippen LogP contribution in [0.5, 0.6) is 0 Å². The van der Waals surface area contributed by atoms with Crippen molar-refractivity contribution in [1.29, 1.82) is 0 Å². The Bertz CT molecular complexity index is 508. The molecule has 1 unspecified atom stereocenters. The molecule has 1 aliphatic carbocycles. The molecule has 1 spiro atoms. The van der Waals surface area contributed by atoms with Gasteiger partial charge in [-0.2, -0.15) is 0 Å². The summed E-state index contributed by atoms with van der Waals surface area (Å²) in [6, 6.07) is 10.2. The predicted molar refractivity (Wildman–Crippen MR) is 84.5 cm³/mol. The van der Waals surface area contributed by atoms with Gasteiger partial charge in [-0.1, -0.05) is 37.3 Å². The van der Waals surface area contributed by atoms with Crippen LogP contribution in [0.25, 0.3) is 0 Å². The van der Waals surface area contributed by atoms with Gasteiger partial charge < -0.3 is 14.7 Å². The van der Waals surface area contributed by atoms with Crippen molar-refractivity contribution in [2.75, 3.05) is 6.54 Å². The van der Waals surface area contributed by atoms with E-state index >= 15 is 0 Å². The number of aliphatic hydroxyl groups is 1. The fourth-order valence-electron chi connectivity index (χ4n) is 3.79. The molecule has 1 saturated heterocycles. The van der Waals surface area contributed by atoms with Crippen molar-refractivity contribution in [3.8, 4) is 0 Å². The van der Waals surface area contributed by atoms with Gasteiger partial charge in [0.05, 0.1) is 12.1 Å². The fourth-order valence-corrected chi connectivity index (χ4v) is 3.79. The zero-order valence-corrected chi connectivity index (χ0v) is 13.2. The highest BCUT2D eigenvalue weighted by Gasteiger charge is 2.44. The number of carbonyl (C=O) groups excluding carboxylic acids is 1. The minimum Gasteiger partial charge on any atom is -0.443 e. The summed E-state index contributed by atoms with van der Waals surface area (Å²) in [6.45, 7) is 2.84. The van der Waals surface area contributed by atoms with Gasteiger partial charge in [0.1, 0.15) is 5.60 Å². The first-order valence-electron chi connectivity index (χ1n) is 8.36. The van der Waals surface area contributed by atoms with Crippen molar-refractivity contribution >= 4 is 6.09 Å². The summed E-state index contributed by atoms with van der Waals surface area (Å²) < 4.78 is 5.86. The average molecular weight is 303 g/mol. The summed E-state index contributed by atoms with van der Waals surface area (Å²) in [6.07, 6.45) is 4.38. The Labute approximate surface area is 132 Å². The molecule has 4 nitrogen and oxygen atoms in total. The van der Waals surface area contributed by atoms with Gasteiger partial charge in [0.25, 0.3) is 0 Å². The lowest BCUT2D eigenvalue weighted by Crippen LogP contribution is -2.52. The second-order valence-corrected chi connectivity index (χ2v) is 6.56. The summed E-state index contributed by atoms with van der Waals surface area (Å²) in [5.41, 5.74) is 0.832. The van der Waals surface area contributed by atoms with Crippen LogP contribution < -0.4 is 0 Å². The summed E-state index contributed by atoms with van der Waals surface area (Å²) in [7, 11) is 0. The molecule has 1 aromatic carbocycles. The monoisotopic (exact) mass is 303 g/mol. The average Bonchev–Trinajstić information content (AvgIpc) is 2.54. The van der Waals surface area contributed by atoms with E-state index in [9.17, 15) is 9.90 Å². The fraction of sp³-hybridized carbons (Fsp3) is 0.611. The molecule has 120 valence electrons. The topological polar surface area (TPSA) is 49.8 Å². The molecule has 1 amide bonds. The van der Waals surface area contributed by atoms with Crippen LogP contribution in [-0.2, 0) is 4.74 Å². The predicted octanol–water partition coefficient (Wildman–Crippen LogP) is 3.65. The molecule has 1 aliphatic heterocycles. The summed E-state index contributed by atoms with van der Waals surface area (Å²) in [5, 5.41) is 9.67. The van der Waals surface area contributed by atoms with Crippen LogP contribution in [0.3, 0.4) is 0 Å². The number of rotatable bonds is 3. The second kappa shape index (κ2) is 6.29. The number of carbonyl (C=O) groups is 1. The minimum atomic E-state index is -0.332. The van der Waals surface area contributed by atoms with E-state index in [1.54, 1.807) is 0 Å². The van der Waals surface area contributed by atoms with Crippen molar-refractivity contribution in [2.45, 2.75) is 63.2 Å². The van der Waals surface area contributed by atoms with Crippen LogP contribution in [0.1, 0.15) is 57.1 Å². The van der Waals surface area contributed by atoms with Gasteiger partial charge in [-0.05, 0) is 37.7 Å². The lowest BCUT2D eigenvalue weighted by atomic mass is 9.80. The quantitative estimate of drug-likeness (QED) is 0.927. The lowest BCUT2D eigenvalue weighted by molar-refractivity contribution is -0.0920. The molecule has 1 aromatic rings. The van der Waals surface area contributed by atoms with E-state index in [0.29, 0.717) is 0 Å². The molecule has 0 radical (unpaired) electrons. The molecule has 0 aromatic heterocycles. The Hall–Kier alpha value is -1.55. The van der Waals surface area contributed by atoms with E-state index in [0.717, 1.165) is 50.6 Å². The van der Waals surface area contributed by atoms with E-state index < -0.39 is 0 Å². The number of amides is 1.